The molecule has 3 unspecified atom stereocenters. The first-order valence-corrected chi connectivity index (χ1v) is 15.5. The zero-order valence-electron chi connectivity index (χ0n) is 24.2. The van der Waals surface area contributed by atoms with Gasteiger partial charge in [0.25, 0.3) is 5.91 Å². The van der Waals surface area contributed by atoms with Gasteiger partial charge in [-0.2, -0.15) is 12.6 Å². The van der Waals surface area contributed by atoms with Gasteiger partial charge in [0, 0.05) is 41.7 Å². The third-order valence-electron chi connectivity index (χ3n) is 7.82. The number of hydrogen-bond acceptors (Lipinski definition) is 8. The van der Waals surface area contributed by atoms with E-state index < -0.39 is 24.1 Å². The van der Waals surface area contributed by atoms with E-state index in [1.807, 2.05) is 6.07 Å². The predicted octanol–water partition coefficient (Wildman–Crippen LogP) is 5.56. The third-order valence-corrected chi connectivity index (χ3v) is 8.42. The summed E-state index contributed by atoms with van der Waals surface area (Å²) in [5.74, 6) is -1.32. The Morgan fingerprint density at radius 3 is 2.40 bits per heavy atom. The number of rotatable bonds is 17. The fourth-order valence-electron chi connectivity index (χ4n) is 5.40. The minimum Gasteiger partial charge on any atom is -0.425 e. The number of nitrogens with one attached hydrogen (secondary N) is 1. The van der Waals surface area contributed by atoms with E-state index in [0.29, 0.717) is 30.5 Å². The van der Waals surface area contributed by atoms with Crippen LogP contribution in [0.1, 0.15) is 87.9 Å². The van der Waals surface area contributed by atoms with E-state index in [1.165, 1.54) is 12.1 Å². The van der Waals surface area contributed by atoms with Crippen LogP contribution in [0, 0.1) is 11.8 Å². The number of anilines is 1. The van der Waals surface area contributed by atoms with Crippen LogP contribution in [0.15, 0.2) is 54.6 Å². The summed E-state index contributed by atoms with van der Waals surface area (Å²) >= 11 is 4.70. The number of aliphatic hydroxyl groups is 2. The highest BCUT2D eigenvalue weighted by atomic mass is 32.1. The lowest BCUT2D eigenvalue weighted by molar-refractivity contribution is -0.144. The summed E-state index contributed by atoms with van der Waals surface area (Å²) in [5, 5.41) is 23.2. The molecular weight excluding hydrogens is 554 g/mol. The lowest BCUT2D eigenvalue weighted by Crippen LogP contribution is -2.28. The van der Waals surface area contributed by atoms with Gasteiger partial charge in [-0.1, -0.05) is 44.4 Å². The molecule has 0 spiro atoms. The Morgan fingerprint density at radius 2 is 1.71 bits per heavy atom. The van der Waals surface area contributed by atoms with Crippen molar-refractivity contribution < 1.29 is 34.1 Å². The molecule has 0 saturated heterocycles. The van der Waals surface area contributed by atoms with Crippen LogP contribution in [0.5, 0.6) is 5.75 Å². The molecule has 2 aromatic carbocycles. The van der Waals surface area contributed by atoms with E-state index in [1.54, 1.807) is 36.4 Å². The first kappa shape index (κ1) is 33.5. The maximum Gasteiger partial charge on any atom is 0.340 e. The summed E-state index contributed by atoms with van der Waals surface area (Å²) in [6, 6.07) is 15.0. The van der Waals surface area contributed by atoms with Gasteiger partial charge in [0.2, 0.25) is 0 Å². The zero-order valence-corrected chi connectivity index (χ0v) is 25.1. The van der Waals surface area contributed by atoms with Gasteiger partial charge in [0.05, 0.1) is 6.10 Å². The van der Waals surface area contributed by atoms with Gasteiger partial charge in [0.15, 0.2) is 6.10 Å². The maximum atomic E-state index is 12.7. The number of thiol groups is 1. The van der Waals surface area contributed by atoms with Crippen LogP contribution in [0.2, 0.25) is 0 Å². The molecule has 1 aliphatic carbocycles. The SMILES string of the molecule is CCCCCC(O)CC(S)[C@H]1CCC(=O)[C@@H]1CC(=O)CCCC(O)C(=O)Oc1ccc(NC(=O)c2ccccc2)cc1. The highest BCUT2D eigenvalue weighted by Crippen LogP contribution is 2.38. The second-order valence-corrected chi connectivity index (χ2v) is 11.8. The van der Waals surface area contributed by atoms with Gasteiger partial charge in [0.1, 0.15) is 17.3 Å². The van der Waals surface area contributed by atoms with Gasteiger partial charge < -0.3 is 20.3 Å². The van der Waals surface area contributed by atoms with Crippen molar-refractivity contribution in [1.82, 2.24) is 0 Å². The number of amides is 1. The number of benzene rings is 2. The fourth-order valence-corrected chi connectivity index (χ4v) is 6.00. The highest BCUT2D eigenvalue weighted by Gasteiger charge is 2.39. The van der Waals surface area contributed by atoms with Crippen molar-refractivity contribution in [3.63, 3.8) is 0 Å². The van der Waals surface area contributed by atoms with Crippen molar-refractivity contribution in [3.05, 3.63) is 60.2 Å². The molecule has 1 amide bonds. The molecule has 0 aromatic heterocycles. The van der Waals surface area contributed by atoms with E-state index in [-0.39, 0.29) is 60.1 Å². The van der Waals surface area contributed by atoms with Gasteiger partial charge >= 0.3 is 5.97 Å². The average Bonchev–Trinajstić information content (AvgIpc) is 3.34. The number of hydrogen-bond donors (Lipinski definition) is 4. The lowest BCUT2D eigenvalue weighted by Gasteiger charge is -2.26. The number of carbonyl (C=O) groups is 4. The molecule has 0 heterocycles. The van der Waals surface area contributed by atoms with E-state index in [9.17, 15) is 29.4 Å². The molecule has 3 N–H and O–H groups in total. The van der Waals surface area contributed by atoms with Crippen molar-refractivity contribution >= 4 is 41.8 Å². The molecule has 2 aromatic rings. The first-order chi connectivity index (χ1) is 20.2. The first-order valence-electron chi connectivity index (χ1n) is 14.9. The van der Waals surface area contributed by atoms with Crippen LogP contribution >= 0.6 is 12.6 Å². The Balaban J connectivity index is 1.38. The van der Waals surface area contributed by atoms with Gasteiger partial charge in [-0.25, -0.2) is 4.79 Å². The molecular formula is C33H43NO7S. The Hall–Kier alpha value is -3.01. The average molecular weight is 598 g/mol. The van der Waals surface area contributed by atoms with Crippen molar-refractivity contribution in [3.8, 4) is 5.75 Å². The summed E-state index contributed by atoms with van der Waals surface area (Å²) in [6.07, 6.45) is 4.21. The fraction of sp³-hybridized carbons (Fsp3) is 0.515. The molecule has 9 heteroatoms. The largest absolute Gasteiger partial charge is 0.425 e. The number of ether oxygens (including phenoxy) is 1. The molecule has 5 atom stereocenters. The Labute approximate surface area is 253 Å². The number of carbonyl (C=O) groups excluding carboxylic acids is 4. The highest BCUT2D eigenvalue weighted by molar-refractivity contribution is 7.81. The Kier molecular flexibility index (Phi) is 13.7. The quantitative estimate of drug-likeness (QED) is 0.0813. The molecule has 228 valence electrons. The molecule has 3 rings (SSSR count). The maximum absolute atomic E-state index is 12.7. The van der Waals surface area contributed by atoms with Crippen molar-refractivity contribution in [2.45, 2.75) is 95.0 Å². The van der Waals surface area contributed by atoms with E-state index in [0.717, 1.165) is 25.7 Å². The summed E-state index contributed by atoms with van der Waals surface area (Å²) in [5.41, 5.74) is 1.04. The molecule has 0 radical (unpaired) electrons. The van der Waals surface area contributed by atoms with Crippen LogP contribution in [0.4, 0.5) is 5.69 Å². The van der Waals surface area contributed by atoms with E-state index in [2.05, 4.69) is 12.2 Å². The molecule has 42 heavy (non-hydrogen) atoms. The smallest absolute Gasteiger partial charge is 0.340 e. The predicted molar refractivity (Wildman–Crippen MR) is 165 cm³/mol. The zero-order chi connectivity index (χ0) is 30.5. The number of esters is 1. The second-order valence-electron chi connectivity index (χ2n) is 11.1. The summed E-state index contributed by atoms with van der Waals surface area (Å²) in [4.78, 5) is 49.8. The lowest BCUT2D eigenvalue weighted by atomic mass is 9.85. The molecule has 1 saturated carbocycles. The standard InChI is InChI=1S/C33H43NO7S/c1-2-3-5-11-25(36)21-31(42)27-18-19-29(37)28(27)20-24(35)12-8-13-30(38)33(40)41-26-16-14-23(15-17-26)34-32(39)22-9-6-4-7-10-22/h4,6-7,9-10,14-17,25,27-28,30-31,36,38,42H,2-3,5,8,11-13,18-21H2,1H3,(H,34,39)/t25?,27-,28+,30?,31?/m0/s1. The summed E-state index contributed by atoms with van der Waals surface area (Å²) in [7, 11) is 0. The summed E-state index contributed by atoms with van der Waals surface area (Å²) in [6.45, 7) is 2.11. The van der Waals surface area contributed by atoms with Crippen molar-refractivity contribution in [1.29, 1.82) is 0 Å². The monoisotopic (exact) mass is 597 g/mol. The van der Waals surface area contributed by atoms with Crippen LogP contribution in [0.3, 0.4) is 0 Å². The van der Waals surface area contributed by atoms with Crippen molar-refractivity contribution in [2.24, 2.45) is 11.8 Å². The summed E-state index contributed by atoms with van der Waals surface area (Å²) < 4.78 is 5.24. The Morgan fingerprint density at radius 1 is 1.00 bits per heavy atom. The van der Waals surface area contributed by atoms with E-state index >= 15 is 0 Å². The minimum atomic E-state index is -1.40. The van der Waals surface area contributed by atoms with Crippen LogP contribution in [-0.2, 0) is 14.4 Å². The molecule has 1 aliphatic rings. The van der Waals surface area contributed by atoms with Crippen LogP contribution in [-0.4, -0.2) is 51.1 Å². The Bertz CT molecular complexity index is 1170. The number of ketones is 2. The topological polar surface area (TPSA) is 130 Å². The normalized spacial score (nSPS) is 18.7. The van der Waals surface area contributed by atoms with Gasteiger partial charge in [-0.05, 0) is 74.4 Å². The molecule has 1 fully saturated rings. The third kappa shape index (κ3) is 10.7. The number of aliphatic hydroxyl groups excluding tert-OH is 2. The molecule has 0 bridgehead atoms. The van der Waals surface area contributed by atoms with Crippen LogP contribution < -0.4 is 10.1 Å². The van der Waals surface area contributed by atoms with Gasteiger partial charge in [-0.15, -0.1) is 0 Å². The second kappa shape index (κ2) is 17.2. The van der Waals surface area contributed by atoms with Crippen LogP contribution in [0.25, 0.3) is 0 Å². The molecule has 8 nitrogen and oxygen atoms in total. The van der Waals surface area contributed by atoms with Gasteiger partial charge in [-0.3, -0.25) is 14.4 Å². The van der Waals surface area contributed by atoms with E-state index in [4.69, 9.17) is 17.4 Å². The molecule has 0 aliphatic heterocycles. The number of unbranched alkanes of at least 4 members (excludes halogenated alkanes) is 2. The minimum absolute atomic E-state index is 0.0378. The van der Waals surface area contributed by atoms with Crippen molar-refractivity contribution in [2.75, 3.05) is 5.32 Å². The number of Topliss-reactive ketones (excluding diaryl/α,β-unsaturated/α-hetero) is 2.